The highest BCUT2D eigenvalue weighted by Gasteiger charge is 2.31. The molecule has 1 aliphatic rings. The smallest absolute Gasteiger partial charge is 0.227 e. The molecule has 4 nitrogen and oxygen atoms in total. The molecule has 1 aromatic heterocycles. The normalized spacial score (nSPS) is 24.6. The van der Waals surface area contributed by atoms with Gasteiger partial charge < -0.3 is 14.6 Å². The Hall–Kier alpha value is -1.29. The molecule has 4 heteroatoms. The summed E-state index contributed by atoms with van der Waals surface area (Å²) in [5.74, 6) is 1.14. The number of nitrogens with zero attached hydrogens (tertiary/aromatic N) is 1. The van der Waals surface area contributed by atoms with Gasteiger partial charge in [-0.1, -0.05) is 0 Å². The SMILES string of the molecule is CC1NCCC1C(=O)N(C)Cc1ccco1. The van der Waals surface area contributed by atoms with Crippen molar-refractivity contribution in [1.82, 2.24) is 10.2 Å². The molecule has 1 fully saturated rings. The van der Waals surface area contributed by atoms with E-state index < -0.39 is 0 Å². The van der Waals surface area contributed by atoms with Crippen LogP contribution in [0.3, 0.4) is 0 Å². The van der Waals surface area contributed by atoms with Crippen LogP contribution in [-0.4, -0.2) is 30.4 Å². The maximum absolute atomic E-state index is 12.1. The first-order chi connectivity index (χ1) is 7.68. The third-order valence-corrected chi connectivity index (χ3v) is 3.19. The molecule has 0 saturated carbocycles. The predicted octanol–water partition coefficient (Wildman–Crippen LogP) is 1.24. The molecule has 0 spiro atoms. The van der Waals surface area contributed by atoms with E-state index in [2.05, 4.69) is 12.2 Å². The summed E-state index contributed by atoms with van der Waals surface area (Å²) in [6.45, 7) is 3.55. The van der Waals surface area contributed by atoms with E-state index in [1.165, 1.54) is 0 Å². The standard InChI is InChI=1S/C12H18N2O2/c1-9-11(5-6-13-9)12(15)14(2)8-10-4-3-7-16-10/h3-4,7,9,11,13H,5-6,8H2,1-2H3. The lowest BCUT2D eigenvalue weighted by Crippen LogP contribution is -2.37. The summed E-state index contributed by atoms with van der Waals surface area (Å²) in [5.41, 5.74) is 0. The largest absolute Gasteiger partial charge is 0.467 e. The number of carbonyl (C=O) groups is 1. The Morgan fingerprint density at radius 3 is 3.06 bits per heavy atom. The number of hydrogen-bond acceptors (Lipinski definition) is 3. The van der Waals surface area contributed by atoms with E-state index in [0.717, 1.165) is 18.7 Å². The molecular weight excluding hydrogens is 204 g/mol. The van der Waals surface area contributed by atoms with Crippen LogP contribution in [0.25, 0.3) is 0 Å². The van der Waals surface area contributed by atoms with Crippen LogP contribution in [0.4, 0.5) is 0 Å². The van der Waals surface area contributed by atoms with Gasteiger partial charge in [-0.25, -0.2) is 0 Å². The molecule has 2 atom stereocenters. The first kappa shape index (κ1) is 11.2. The van der Waals surface area contributed by atoms with E-state index in [1.807, 2.05) is 19.2 Å². The molecule has 88 valence electrons. The Morgan fingerprint density at radius 2 is 2.50 bits per heavy atom. The zero-order chi connectivity index (χ0) is 11.5. The highest BCUT2D eigenvalue weighted by molar-refractivity contribution is 5.79. The molecule has 1 amide bonds. The quantitative estimate of drug-likeness (QED) is 0.836. The topological polar surface area (TPSA) is 45.5 Å². The molecule has 0 aliphatic carbocycles. The maximum atomic E-state index is 12.1. The lowest BCUT2D eigenvalue weighted by molar-refractivity contribution is -0.135. The van der Waals surface area contributed by atoms with Gasteiger partial charge in [0.25, 0.3) is 0 Å². The van der Waals surface area contributed by atoms with Gasteiger partial charge in [0.15, 0.2) is 0 Å². The number of furan rings is 1. The van der Waals surface area contributed by atoms with E-state index in [9.17, 15) is 4.79 Å². The van der Waals surface area contributed by atoms with Crippen molar-refractivity contribution >= 4 is 5.91 Å². The molecule has 2 heterocycles. The minimum absolute atomic E-state index is 0.111. The predicted molar refractivity (Wildman–Crippen MR) is 60.8 cm³/mol. The van der Waals surface area contributed by atoms with Crippen LogP contribution in [-0.2, 0) is 11.3 Å². The minimum Gasteiger partial charge on any atom is -0.467 e. The molecule has 0 bridgehead atoms. The van der Waals surface area contributed by atoms with Crippen LogP contribution in [0.5, 0.6) is 0 Å². The van der Waals surface area contributed by atoms with Crippen LogP contribution in [0.15, 0.2) is 22.8 Å². The second-order valence-corrected chi connectivity index (χ2v) is 4.41. The van der Waals surface area contributed by atoms with Crippen LogP contribution >= 0.6 is 0 Å². The van der Waals surface area contributed by atoms with Gasteiger partial charge in [-0.3, -0.25) is 4.79 Å². The Labute approximate surface area is 95.6 Å². The van der Waals surface area contributed by atoms with E-state index >= 15 is 0 Å². The van der Waals surface area contributed by atoms with Crippen molar-refractivity contribution in [2.45, 2.75) is 25.9 Å². The van der Waals surface area contributed by atoms with Crippen LogP contribution in [0.1, 0.15) is 19.1 Å². The molecule has 1 aromatic rings. The van der Waals surface area contributed by atoms with Gasteiger partial charge in [-0.05, 0) is 32.0 Å². The monoisotopic (exact) mass is 222 g/mol. The molecule has 1 N–H and O–H groups in total. The minimum atomic E-state index is 0.111. The van der Waals surface area contributed by atoms with Crippen molar-refractivity contribution in [2.24, 2.45) is 5.92 Å². The van der Waals surface area contributed by atoms with Gasteiger partial charge in [0.2, 0.25) is 5.91 Å². The number of carbonyl (C=O) groups excluding carboxylic acids is 1. The molecule has 2 rings (SSSR count). The van der Waals surface area contributed by atoms with E-state index in [-0.39, 0.29) is 17.9 Å². The van der Waals surface area contributed by atoms with Crippen LogP contribution < -0.4 is 5.32 Å². The highest BCUT2D eigenvalue weighted by atomic mass is 16.3. The summed E-state index contributed by atoms with van der Waals surface area (Å²) in [7, 11) is 1.83. The van der Waals surface area contributed by atoms with Crippen molar-refractivity contribution in [3.63, 3.8) is 0 Å². The fraction of sp³-hybridized carbons (Fsp3) is 0.583. The summed E-state index contributed by atoms with van der Waals surface area (Å²) >= 11 is 0. The average Bonchev–Trinajstić information content (AvgIpc) is 2.88. The Morgan fingerprint density at radius 1 is 1.69 bits per heavy atom. The third kappa shape index (κ3) is 2.27. The second-order valence-electron chi connectivity index (χ2n) is 4.41. The fourth-order valence-corrected chi connectivity index (χ4v) is 2.19. The summed E-state index contributed by atoms with van der Waals surface area (Å²) in [4.78, 5) is 13.9. The van der Waals surface area contributed by atoms with Gasteiger partial charge in [-0.15, -0.1) is 0 Å². The summed E-state index contributed by atoms with van der Waals surface area (Å²) < 4.78 is 5.23. The van der Waals surface area contributed by atoms with E-state index in [0.29, 0.717) is 6.54 Å². The van der Waals surface area contributed by atoms with Crippen molar-refractivity contribution < 1.29 is 9.21 Å². The van der Waals surface area contributed by atoms with Gasteiger partial charge in [-0.2, -0.15) is 0 Å². The maximum Gasteiger partial charge on any atom is 0.227 e. The van der Waals surface area contributed by atoms with Gasteiger partial charge in [0.05, 0.1) is 18.7 Å². The third-order valence-electron chi connectivity index (χ3n) is 3.19. The lowest BCUT2D eigenvalue weighted by Gasteiger charge is -2.22. The first-order valence-electron chi connectivity index (χ1n) is 5.69. The van der Waals surface area contributed by atoms with Gasteiger partial charge in [0.1, 0.15) is 5.76 Å². The number of rotatable bonds is 3. The number of amides is 1. The van der Waals surface area contributed by atoms with Gasteiger partial charge >= 0.3 is 0 Å². The van der Waals surface area contributed by atoms with Crippen molar-refractivity contribution in [3.8, 4) is 0 Å². The molecule has 1 aliphatic heterocycles. The summed E-state index contributed by atoms with van der Waals surface area (Å²) in [6.07, 6.45) is 2.57. The van der Waals surface area contributed by atoms with Crippen molar-refractivity contribution in [2.75, 3.05) is 13.6 Å². The molecule has 1 saturated heterocycles. The van der Waals surface area contributed by atoms with Crippen molar-refractivity contribution in [3.05, 3.63) is 24.2 Å². The molecule has 16 heavy (non-hydrogen) atoms. The van der Waals surface area contributed by atoms with Crippen LogP contribution in [0.2, 0.25) is 0 Å². The molecular formula is C12H18N2O2. The van der Waals surface area contributed by atoms with E-state index in [4.69, 9.17) is 4.42 Å². The zero-order valence-electron chi connectivity index (χ0n) is 9.77. The summed E-state index contributed by atoms with van der Waals surface area (Å²) in [5, 5.41) is 3.29. The van der Waals surface area contributed by atoms with Crippen LogP contribution in [0, 0.1) is 5.92 Å². The lowest BCUT2D eigenvalue weighted by atomic mass is 10.0. The second kappa shape index (κ2) is 4.70. The average molecular weight is 222 g/mol. The van der Waals surface area contributed by atoms with Gasteiger partial charge in [0, 0.05) is 13.1 Å². The molecule has 2 unspecified atom stereocenters. The number of nitrogens with one attached hydrogen (secondary N) is 1. The highest BCUT2D eigenvalue weighted by Crippen LogP contribution is 2.18. The fourth-order valence-electron chi connectivity index (χ4n) is 2.19. The Bertz CT molecular complexity index is 348. The molecule has 0 radical (unpaired) electrons. The van der Waals surface area contributed by atoms with E-state index in [1.54, 1.807) is 11.2 Å². The molecule has 0 aromatic carbocycles. The Kier molecular flexibility index (Phi) is 3.29. The first-order valence-corrected chi connectivity index (χ1v) is 5.69. The van der Waals surface area contributed by atoms with Crippen molar-refractivity contribution in [1.29, 1.82) is 0 Å². The Balaban J connectivity index is 1.94. The summed E-state index contributed by atoms with van der Waals surface area (Å²) in [6, 6.07) is 4.01. The zero-order valence-corrected chi connectivity index (χ0v) is 9.77. The number of hydrogen-bond donors (Lipinski definition) is 1.